The standard InChI is InChI=1S/C12H18N2OS/c1-9-4-5-10(2)11(8-9)15-6-3-7-16-12(13)14/h4-5,8H,3,6-7H2,1-2H3,(H3,13,14). The van der Waals surface area contributed by atoms with Crippen LogP contribution in [0.2, 0.25) is 0 Å². The fourth-order valence-electron chi connectivity index (χ4n) is 1.29. The van der Waals surface area contributed by atoms with E-state index in [0.717, 1.165) is 23.5 Å². The van der Waals surface area contributed by atoms with Gasteiger partial charge in [0.1, 0.15) is 5.75 Å². The minimum absolute atomic E-state index is 0.173. The van der Waals surface area contributed by atoms with Gasteiger partial charge in [0.25, 0.3) is 0 Å². The van der Waals surface area contributed by atoms with Gasteiger partial charge in [-0.3, -0.25) is 5.41 Å². The molecule has 4 heteroatoms. The Morgan fingerprint density at radius 3 is 2.88 bits per heavy atom. The van der Waals surface area contributed by atoms with Crippen molar-refractivity contribution in [2.24, 2.45) is 5.73 Å². The zero-order valence-electron chi connectivity index (χ0n) is 9.75. The zero-order valence-corrected chi connectivity index (χ0v) is 10.6. The number of aryl methyl sites for hydroxylation is 2. The Hall–Kier alpha value is -1.16. The van der Waals surface area contributed by atoms with Gasteiger partial charge in [-0.1, -0.05) is 23.9 Å². The number of thioether (sulfide) groups is 1. The third-order valence-electron chi connectivity index (χ3n) is 2.15. The smallest absolute Gasteiger partial charge is 0.151 e. The molecule has 3 nitrogen and oxygen atoms in total. The molecule has 0 saturated carbocycles. The molecule has 0 atom stereocenters. The van der Waals surface area contributed by atoms with E-state index in [1.807, 2.05) is 13.0 Å². The monoisotopic (exact) mass is 238 g/mol. The summed E-state index contributed by atoms with van der Waals surface area (Å²) in [7, 11) is 0. The van der Waals surface area contributed by atoms with Crippen LogP contribution in [0.4, 0.5) is 0 Å². The van der Waals surface area contributed by atoms with Crippen LogP contribution in [0.1, 0.15) is 17.5 Å². The van der Waals surface area contributed by atoms with Crippen LogP contribution in [0.3, 0.4) is 0 Å². The van der Waals surface area contributed by atoms with E-state index in [1.165, 1.54) is 17.3 Å². The van der Waals surface area contributed by atoms with Gasteiger partial charge in [-0.15, -0.1) is 0 Å². The number of hydrogen-bond acceptors (Lipinski definition) is 3. The lowest BCUT2D eigenvalue weighted by Crippen LogP contribution is -2.06. The molecule has 1 aromatic carbocycles. The molecular formula is C12H18N2OS. The number of nitrogens with two attached hydrogens (primary N) is 1. The molecule has 3 N–H and O–H groups in total. The molecule has 1 rings (SSSR count). The maximum Gasteiger partial charge on any atom is 0.151 e. The highest BCUT2D eigenvalue weighted by molar-refractivity contribution is 8.13. The van der Waals surface area contributed by atoms with E-state index in [1.54, 1.807) is 0 Å². The minimum atomic E-state index is 0.173. The average Bonchev–Trinajstić information content (AvgIpc) is 2.22. The first kappa shape index (κ1) is 12.9. The van der Waals surface area contributed by atoms with E-state index in [9.17, 15) is 0 Å². The highest BCUT2D eigenvalue weighted by Crippen LogP contribution is 2.19. The van der Waals surface area contributed by atoms with E-state index in [0.29, 0.717) is 6.61 Å². The van der Waals surface area contributed by atoms with Crippen LogP contribution in [0.15, 0.2) is 18.2 Å². The first-order chi connectivity index (χ1) is 7.59. The van der Waals surface area contributed by atoms with E-state index in [2.05, 4.69) is 19.1 Å². The van der Waals surface area contributed by atoms with Gasteiger partial charge >= 0.3 is 0 Å². The summed E-state index contributed by atoms with van der Waals surface area (Å²) in [5.74, 6) is 1.79. The van der Waals surface area contributed by atoms with Crippen molar-refractivity contribution in [2.75, 3.05) is 12.4 Å². The number of rotatable bonds is 5. The predicted octanol–water partition coefficient (Wildman–Crippen LogP) is 2.70. The van der Waals surface area contributed by atoms with Gasteiger partial charge in [0.15, 0.2) is 5.17 Å². The lowest BCUT2D eigenvalue weighted by Gasteiger charge is -2.09. The van der Waals surface area contributed by atoms with Gasteiger partial charge in [0.05, 0.1) is 6.61 Å². The van der Waals surface area contributed by atoms with Crippen LogP contribution >= 0.6 is 11.8 Å². The zero-order chi connectivity index (χ0) is 12.0. The number of nitrogens with one attached hydrogen (secondary N) is 1. The second kappa shape index (κ2) is 6.43. The van der Waals surface area contributed by atoms with Crippen LogP contribution in [0.5, 0.6) is 5.75 Å². The van der Waals surface area contributed by atoms with E-state index >= 15 is 0 Å². The molecule has 0 aromatic heterocycles. The maximum absolute atomic E-state index is 7.06. The van der Waals surface area contributed by atoms with Crippen molar-refractivity contribution in [1.82, 2.24) is 0 Å². The molecule has 0 unspecified atom stereocenters. The topological polar surface area (TPSA) is 59.1 Å². The molecule has 0 saturated heterocycles. The van der Waals surface area contributed by atoms with Gasteiger partial charge < -0.3 is 10.5 Å². The molecule has 0 aliphatic carbocycles. The van der Waals surface area contributed by atoms with Crippen molar-refractivity contribution in [2.45, 2.75) is 20.3 Å². The normalized spacial score (nSPS) is 10.1. The summed E-state index contributed by atoms with van der Waals surface area (Å²) >= 11 is 1.35. The molecule has 0 aliphatic heterocycles. The van der Waals surface area contributed by atoms with E-state index in [-0.39, 0.29) is 5.17 Å². The summed E-state index contributed by atoms with van der Waals surface area (Å²) in [6.07, 6.45) is 0.900. The minimum Gasteiger partial charge on any atom is -0.493 e. The Kier molecular flexibility index (Phi) is 5.19. The fraction of sp³-hybridized carbons (Fsp3) is 0.417. The molecule has 0 bridgehead atoms. The number of amidine groups is 1. The SMILES string of the molecule is Cc1ccc(C)c(OCCCSC(=N)N)c1. The van der Waals surface area contributed by atoms with Gasteiger partial charge in [-0.25, -0.2) is 0 Å². The third kappa shape index (κ3) is 4.57. The van der Waals surface area contributed by atoms with Crippen LogP contribution in [0, 0.1) is 19.3 Å². The van der Waals surface area contributed by atoms with Crippen molar-refractivity contribution in [3.05, 3.63) is 29.3 Å². The Bertz CT molecular complexity index is 366. The van der Waals surface area contributed by atoms with Crippen molar-refractivity contribution >= 4 is 16.9 Å². The van der Waals surface area contributed by atoms with E-state index in [4.69, 9.17) is 15.9 Å². The highest BCUT2D eigenvalue weighted by atomic mass is 32.2. The molecule has 0 heterocycles. The van der Waals surface area contributed by atoms with Crippen molar-refractivity contribution in [1.29, 1.82) is 5.41 Å². The van der Waals surface area contributed by atoms with E-state index < -0.39 is 0 Å². The maximum atomic E-state index is 7.06. The quantitative estimate of drug-likeness (QED) is 0.471. The summed E-state index contributed by atoms with van der Waals surface area (Å²) in [5, 5.41) is 7.23. The highest BCUT2D eigenvalue weighted by Gasteiger charge is 1.99. The van der Waals surface area contributed by atoms with Gasteiger partial charge in [0, 0.05) is 5.75 Å². The van der Waals surface area contributed by atoms with Crippen molar-refractivity contribution < 1.29 is 4.74 Å². The number of benzene rings is 1. The molecule has 0 radical (unpaired) electrons. The molecule has 0 aliphatic rings. The van der Waals surface area contributed by atoms with Crippen LogP contribution in [0.25, 0.3) is 0 Å². The Morgan fingerprint density at radius 2 is 2.19 bits per heavy atom. The van der Waals surface area contributed by atoms with Gasteiger partial charge in [-0.2, -0.15) is 0 Å². The van der Waals surface area contributed by atoms with Gasteiger partial charge in [-0.05, 0) is 37.5 Å². The average molecular weight is 238 g/mol. The largest absolute Gasteiger partial charge is 0.493 e. The summed E-state index contributed by atoms with van der Waals surface area (Å²) in [5.41, 5.74) is 7.60. The molecule has 0 spiro atoms. The first-order valence-corrected chi connectivity index (χ1v) is 6.25. The van der Waals surface area contributed by atoms with Crippen molar-refractivity contribution in [3.8, 4) is 5.75 Å². The van der Waals surface area contributed by atoms with Gasteiger partial charge in [0.2, 0.25) is 0 Å². The molecule has 16 heavy (non-hydrogen) atoms. The van der Waals surface area contributed by atoms with Crippen molar-refractivity contribution in [3.63, 3.8) is 0 Å². The lowest BCUT2D eigenvalue weighted by molar-refractivity contribution is 0.316. The third-order valence-corrected chi connectivity index (χ3v) is 2.95. The Balaban J connectivity index is 2.31. The summed E-state index contributed by atoms with van der Waals surface area (Å²) < 4.78 is 5.67. The number of ether oxygens (including phenoxy) is 1. The molecule has 0 amide bonds. The van der Waals surface area contributed by atoms with Crippen LogP contribution in [-0.2, 0) is 0 Å². The summed E-state index contributed by atoms with van der Waals surface area (Å²) in [6, 6.07) is 6.19. The Morgan fingerprint density at radius 1 is 1.44 bits per heavy atom. The Labute approximate surface area is 101 Å². The lowest BCUT2D eigenvalue weighted by atomic mass is 10.1. The molecular weight excluding hydrogens is 220 g/mol. The second-order valence-corrected chi connectivity index (χ2v) is 4.82. The summed E-state index contributed by atoms with van der Waals surface area (Å²) in [4.78, 5) is 0. The molecule has 0 fully saturated rings. The number of hydrogen-bond donors (Lipinski definition) is 2. The molecule has 1 aromatic rings. The summed E-state index contributed by atoms with van der Waals surface area (Å²) in [6.45, 7) is 4.77. The fourth-order valence-corrected chi connectivity index (χ4v) is 1.77. The first-order valence-electron chi connectivity index (χ1n) is 5.26. The second-order valence-electron chi connectivity index (χ2n) is 3.68. The van der Waals surface area contributed by atoms with Crippen LogP contribution in [-0.4, -0.2) is 17.5 Å². The van der Waals surface area contributed by atoms with Crippen LogP contribution < -0.4 is 10.5 Å². The molecule has 88 valence electrons. The predicted molar refractivity (Wildman–Crippen MR) is 70.4 cm³/mol.